The lowest BCUT2D eigenvalue weighted by molar-refractivity contribution is 0.0873. The fraction of sp³-hybridized carbons (Fsp3) is 0.533. The van der Waals surface area contributed by atoms with Gasteiger partial charge in [-0.25, -0.2) is 4.39 Å². The normalized spacial score (nSPS) is 19.9. The Labute approximate surface area is 119 Å². The highest BCUT2D eigenvalue weighted by molar-refractivity contribution is 5.24. The predicted octanol–water partition coefficient (Wildman–Crippen LogP) is 4.08. The molecular formula is C15H21F2NO2. The van der Waals surface area contributed by atoms with Crippen LogP contribution in [0.15, 0.2) is 18.2 Å². The van der Waals surface area contributed by atoms with E-state index in [-0.39, 0.29) is 11.9 Å². The molecule has 0 N–H and O–H groups in total. The summed E-state index contributed by atoms with van der Waals surface area (Å²) in [6.07, 6.45) is 2.14. The third-order valence-electron chi connectivity index (χ3n) is 2.51. The minimum atomic E-state index is -0.940. The second kappa shape index (κ2) is 10.2. The van der Waals surface area contributed by atoms with Gasteiger partial charge >= 0.3 is 0 Å². The average Bonchev–Trinajstić information content (AvgIpc) is 2.90. The molecule has 3 nitrogen and oxygen atoms in total. The van der Waals surface area contributed by atoms with Crippen LogP contribution in [-0.4, -0.2) is 19.3 Å². The molecule has 2 atom stereocenters. The van der Waals surface area contributed by atoms with Crippen LogP contribution in [0.1, 0.15) is 33.6 Å². The van der Waals surface area contributed by atoms with E-state index in [1.165, 1.54) is 19.2 Å². The van der Waals surface area contributed by atoms with Crippen molar-refractivity contribution in [2.24, 2.45) is 0 Å². The van der Waals surface area contributed by atoms with Crippen molar-refractivity contribution in [2.45, 2.75) is 45.8 Å². The molecule has 0 saturated carbocycles. The summed E-state index contributed by atoms with van der Waals surface area (Å²) in [5, 5.41) is 8.31. The maximum atomic E-state index is 12.5. The molecular weight excluding hydrogens is 264 g/mol. The molecule has 1 saturated heterocycles. The summed E-state index contributed by atoms with van der Waals surface area (Å²) >= 11 is 0. The minimum Gasteiger partial charge on any atom is -0.494 e. The molecule has 1 aromatic carbocycles. The first-order valence-electron chi connectivity index (χ1n) is 6.61. The van der Waals surface area contributed by atoms with Gasteiger partial charge in [0.25, 0.3) is 0 Å². The summed E-state index contributed by atoms with van der Waals surface area (Å²) in [5.74, 6) is -1.90. The number of hydrogen-bond donors (Lipinski definition) is 0. The van der Waals surface area contributed by atoms with Crippen molar-refractivity contribution in [2.75, 3.05) is 7.11 Å². The smallest absolute Gasteiger partial charge is 0.200 e. The summed E-state index contributed by atoms with van der Waals surface area (Å²) in [6.45, 7) is 6.00. The maximum absolute atomic E-state index is 12.5. The molecule has 0 bridgehead atoms. The zero-order valence-corrected chi connectivity index (χ0v) is 12.3. The maximum Gasteiger partial charge on any atom is 0.200 e. The van der Waals surface area contributed by atoms with Crippen LogP contribution in [0, 0.1) is 23.0 Å². The van der Waals surface area contributed by atoms with Crippen molar-refractivity contribution in [3.63, 3.8) is 0 Å². The van der Waals surface area contributed by atoms with E-state index >= 15 is 0 Å². The van der Waals surface area contributed by atoms with E-state index in [1.54, 1.807) is 0 Å². The minimum absolute atomic E-state index is 0.0694. The van der Waals surface area contributed by atoms with Gasteiger partial charge < -0.3 is 9.47 Å². The Hall–Kier alpha value is -1.67. The molecule has 1 aliphatic rings. The summed E-state index contributed by atoms with van der Waals surface area (Å²) in [4.78, 5) is 0. The van der Waals surface area contributed by atoms with Crippen molar-refractivity contribution in [1.82, 2.24) is 0 Å². The zero-order chi connectivity index (χ0) is 15.5. The quantitative estimate of drug-likeness (QED) is 0.781. The SMILES string of the molecule is CC.CC1CCC(C#N)O1.COc1cccc(F)c1F. The van der Waals surface area contributed by atoms with Crippen LogP contribution < -0.4 is 4.74 Å². The van der Waals surface area contributed by atoms with Crippen LogP contribution in [0.3, 0.4) is 0 Å². The molecule has 0 radical (unpaired) electrons. The number of ether oxygens (including phenoxy) is 2. The van der Waals surface area contributed by atoms with Gasteiger partial charge in [-0.05, 0) is 31.9 Å². The van der Waals surface area contributed by atoms with Crippen molar-refractivity contribution in [1.29, 1.82) is 5.26 Å². The molecule has 0 aromatic heterocycles. The third-order valence-corrected chi connectivity index (χ3v) is 2.51. The third kappa shape index (κ3) is 5.98. The first kappa shape index (κ1) is 18.3. The van der Waals surface area contributed by atoms with Gasteiger partial charge in [0.05, 0.1) is 19.3 Å². The first-order chi connectivity index (χ1) is 9.58. The van der Waals surface area contributed by atoms with Crippen LogP contribution in [-0.2, 0) is 4.74 Å². The second-order valence-electron chi connectivity index (χ2n) is 3.90. The van der Waals surface area contributed by atoms with E-state index in [0.717, 1.165) is 18.9 Å². The van der Waals surface area contributed by atoms with Crippen LogP contribution >= 0.6 is 0 Å². The Morgan fingerprint density at radius 1 is 1.30 bits per heavy atom. The molecule has 20 heavy (non-hydrogen) atoms. The van der Waals surface area contributed by atoms with E-state index < -0.39 is 11.6 Å². The lowest BCUT2D eigenvalue weighted by Gasteiger charge is -1.99. The first-order valence-corrected chi connectivity index (χ1v) is 6.61. The summed E-state index contributed by atoms with van der Waals surface area (Å²) in [5.41, 5.74) is 0. The largest absolute Gasteiger partial charge is 0.494 e. The van der Waals surface area contributed by atoms with Crippen molar-refractivity contribution in [3.05, 3.63) is 29.8 Å². The molecule has 5 heteroatoms. The van der Waals surface area contributed by atoms with Crippen LogP contribution in [0.2, 0.25) is 0 Å². The predicted molar refractivity (Wildman–Crippen MR) is 73.4 cm³/mol. The molecule has 1 heterocycles. The van der Waals surface area contributed by atoms with Gasteiger partial charge in [0.1, 0.15) is 6.10 Å². The van der Waals surface area contributed by atoms with Gasteiger partial charge in [0.2, 0.25) is 5.82 Å². The summed E-state index contributed by atoms with van der Waals surface area (Å²) in [6, 6.07) is 5.86. The number of rotatable bonds is 1. The fourth-order valence-electron chi connectivity index (χ4n) is 1.54. The Bertz CT molecular complexity index is 432. The average molecular weight is 285 g/mol. The molecule has 1 aromatic rings. The van der Waals surface area contributed by atoms with E-state index in [1.807, 2.05) is 20.8 Å². The second-order valence-corrected chi connectivity index (χ2v) is 3.90. The molecule has 0 spiro atoms. The highest BCUT2D eigenvalue weighted by Gasteiger charge is 2.20. The molecule has 1 fully saturated rings. The lowest BCUT2D eigenvalue weighted by Crippen LogP contribution is -2.03. The van der Waals surface area contributed by atoms with Crippen molar-refractivity contribution >= 4 is 0 Å². The van der Waals surface area contributed by atoms with Gasteiger partial charge in [-0.3, -0.25) is 0 Å². The lowest BCUT2D eigenvalue weighted by atomic mass is 10.2. The van der Waals surface area contributed by atoms with Gasteiger partial charge in [0, 0.05) is 0 Å². The molecule has 2 unspecified atom stereocenters. The Kier molecular flexibility index (Phi) is 9.31. The van der Waals surface area contributed by atoms with Gasteiger partial charge in [-0.15, -0.1) is 0 Å². The zero-order valence-electron chi connectivity index (χ0n) is 12.3. The van der Waals surface area contributed by atoms with Crippen molar-refractivity contribution in [3.8, 4) is 11.8 Å². The number of nitrogens with zero attached hydrogens (tertiary/aromatic N) is 1. The number of hydrogen-bond acceptors (Lipinski definition) is 3. The molecule has 112 valence electrons. The monoisotopic (exact) mass is 285 g/mol. The number of benzene rings is 1. The topological polar surface area (TPSA) is 42.2 Å². The Morgan fingerprint density at radius 3 is 2.30 bits per heavy atom. The summed E-state index contributed by atoms with van der Waals surface area (Å²) in [7, 11) is 1.29. The molecule has 2 rings (SSSR count). The Balaban J connectivity index is 0.000000327. The molecule has 0 amide bonds. The van der Waals surface area contributed by atoms with E-state index in [9.17, 15) is 8.78 Å². The van der Waals surface area contributed by atoms with E-state index in [2.05, 4.69) is 10.8 Å². The van der Waals surface area contributed by atoms with Crippen LogP contribution in [0.25, 0.3) is 0 Å². The highest BCUT2D eigenvalue weighted by atomic mass is 19.2. The van der Waals surface area contributed by atoms with Crippen LogP contribution in [0.4, 0.5) is 8.78 Å². The van der Waals surface area contributed by atoms with Gasteiger partial charge in [-0.1, -0.05) is 19.9 Å². The molecule has 0 aliphatic carbocycles. The number of halogens is 2. The van der Waals surface area contributed by atoms with E-state index in [0.29, 0.717) is 6.10 Å². The number of nitriles is 1. The van der Waals surface area contributed by atoms with E-state index in [4.69, 9.17) is 10.00 Å². The van der Waals surface area contributed by atoms with Gasteiger partial charge in [0.15, 0.2) is 11.6 Å². The summed E-state index contributed by atoms with van der Waals surface area (Å²) < 4.78 is 34.5. The standard InChI is InChI=1S/C7H6F2O.C6H9NO.C2H6/c1-10-6-4-2-3-5(8)7(6)9;1-5-2-3-6(4-7)8-5;1-2/h2-4H,1H3;5-6H,2-3H2,1H3;1-2H3. The number of methoxy groups -OCH3 is 1. The van der Waals surface area contributed by atoms with Crippen molar-refractivity contribution < 1.29 is 18.3 Å². The molecule has 1 aliphatic heterocycles. The highest BCUT2D eigenvalue weighted by Crippen LogP contribution is 2.18. The van der Waals surface area contributed by atoms with Gasteiger partial charge in [-0.2, -0.15) is 9.65 Å². The Morgan fingerprint density at radius 2 is 1.95 bits per heavy atom. The fourth-order valence-corrected chi connectivity index (χ4v) is 1.54. The van der Waals surface area contributed by atoms with Crippen LogP contribution in [0.5, 0.6) is 5.75 Å².